The fraction of sp³-hybridized carbons (Fsp3) is 0.519. The third-order valence-electron chi connectivity index (χ3n) is 7.84. The SMILES string of the molecule is CCOP(=O)(OCC)c1nc2c(s1)c(C(N)=O)nn2CC(=O)N1C[C@H](F)C[C@H]1C(=S)NC1CCC(c2cc3sccc3s2)C1. The van der Waals surface area contributed by atoms with Crippen LogP contribution < -0.4 is 15.8 Å². The molecule has 0 aromatic carbocycles. The zero-order valence-electron chi connectivity index (χ0n) is 24.1. The van der Waals surface area contributed by atoms with E-state index in [9.17, 15) is 18.5 Å². The molecule has 5 heterocycles. The second-order valence-electron chi connectivity index (χ2n) is 10.8. The predicted octanol–water partition coefficient (Wildman–Crippen LogP) is 4.95. The van der Waals surface area contributed by atoms with Crippen molar-refractivity contribution in [1.29, 1.82) is 0 Å². The smallest absolute Gasteiger partial charge is 0.375 e. The Labute approximate surface area is 270 Å². The molecule has 236 valence electrons. The molecule has 4 aromatic rings. The van der Waals surface area contributed by atoms with Crippen LogP contribution in [0, 0.1) is 0 Å². The van der Waals surface area contributed by atoms with Crippen molar-refractivity contribution in [2.45, 2.75) is 70.2 Å². The Hall–Kier alpha value is -2.33. The molecule has 1 saturated heterocycles. The molecule has 2 fully saturated rings. The number of likely N-dealkylation sites (tertiary alicyclic amines) is 1. The van der Waals surface area contributed by atoms with E-state index in [4.69, 9.17) is 27.0 Å². The van der Waals surface area contributed by atoms with Gasteiger partial charge >= 0.3 is 7.60 Å². The number of thiocarbonyl (C=S) groups is 1. The number of primary amides is 1. The predicted molar refractivity (Wildman–Crippen MR) is 175 cm³/mol. The van der Waals surface area contributed by atoms with E-state index in [1.54, 1.807) is 25.2 Å². The summed E-state index contributed by atoms with van der Waals surface area (Å²) in [5, 5.41) is 9.77. The highest BCUT2D eigenvalue weighted by atomic mass is 32.1. The molecule has 0 radical (unpaired) electrons. The van der Waals surface area contributed by atoms with Gasteiger partial charge in [-0.25, -0.2) is 14.1 Å². The topological polar surface area (TPSA) is 142 Å². The maximum absolute atomic E-state index is 14.8. The number of nitrogens with one attached hydrogen (secondary N) is 1. The lowest BCUT2D eigenvalue weighted by Crippen LogP contribution is -2.48. The van der Waals surface area contributed by atoms with Crippen molar-refractivity contribution in [2.75, 3.05) is 19.8 Å². The van der Waals surface area contributed by atoms with Crippen molar-refractivity contribution in [2.24, 2.45) is 5.73 Å². The number of thiazole rings is 1. The maximum atomic E-state index is 14.8. The number of hydrogen-bond acceptors (Lipinski definition) is 11. The minimum absolute atomic E-state index is 0.0304. The first-order valence-electron chi connectivity index (χ1n) is 14.4. The lowest BCUT2D eigenvalue weighted by molar-refractivity contribution is -0.132. The Morgan fingerprint density at radius 3 is 2.68 bits per heavy atom. The number of nitrogens with zero attached hydrogens (tertiary/aromatic N) is 4. The summed E-state index contributed by atoms with van der Waals surface area (Å²) in [4.78, 5) is 33.5. The molecule has 6 rings (SSSR count). The van der Waals surface area contributed by atoms with Gasteiger partial charge in [-0.05, 0) is 56.5 Å². The van der Waals surface area contributed by atoms with E-state index >= 15 is 0 Å². The monoisotopic (exact) mass is 698 g/mol. The fourth-order valence-corrected chi connectivity index (χ4v) is 11.6. The molecule has 44 heavy (non-hydrogen) atoms. The third-order valence-corrected chi connectivity index (χ3v) is 14.1. The van der Waals surface area contributed by atoms with Crippen LogP contribution in [-0.2, 0) is 25.0 Å². The fourth-order valence-electron chi connectivity index (χ4n) is 5.90. The number of fused-ring (bicyclic) bond motifs is 2. The summed E-state index contributed by atoms with van der Waals surface area (Å²) >= 11 is 10.3. The van der Waals surface area contributed by atoms with Gasteiger partial charge in [-0.1, -0.05) is 12.2 Å². The number of amides is 2. The lowest BCUT2D eigenvalue weighted by Gasteiger charge is -2.27. The van der Waals surface area contributed by atoms with E-state index in [0.717, 1.165) is 30.6 Å². The van der Waals surface area contributed by atoms with Crippen molar-refractivity contribution in [1.82, 2.24) is 25.0 Å². The van der Waals surface area contributed by atoms with Gasteiger partial charge in [-0.2, -0.15) is 5.10 Å². The van der Waals surface area contributed by atoms with Crippen LogP contribution >= 0.6 is 53.8 Å². The molecule has 11 nitrogen and oxygen atoms in total. The lowest BCUT2D eigenvalue weighted by atomic mass is 10.1. The first-order valence-corrected chi connectivity index (χ1v) is 18.8. The normalized spacial score (nSPS) is 22.4. The summed E-state index contributed by atoms with van der Waals surface area (Å²) in [7, 11) is -3.77. The highest BCUT2D eigenvalue weighted by molar-refractivity contribution is 7.80. The Morgan fingerprint density at radius 1 is 1.20 bits per heavy atom. The molecule has 1 saturated carbocycles. The Morgan fingerprint density at radius 2 is 1.98 bits per heavy atom. The van der Waals surface area contributed by atoms with Gasteiger partial charge in [-0.15, -0.1) is 34.0 Å². The molecular formula is C27H32FN6O5PS4. The summed E-state index contributed by atoms with van der Waals surface area (Å²) in [6.07, 6.45) is 1.78. The van der Waals surface area contributed by atoms with Crippen LogP contribution in [-0.4, -0.2) is 74.5 Å². The second kappa shape index (κ2) is 12.8. The first kappa shape index (κ1) is 31.6. The number of halogens is 1. The number of rotatable bonds is 11. The van der Waals surface area contributed by atoms with E-state index in [0.29, 0.717) is 10.9 Å². The summed E-state index contributed by atoms with van der Waals surface area (Å²) in [5.41, 5.74) is 5.59. The van der Waals surface area contributed by atoms with Crippen LogP contribution in [0.1, 0.15) is 60.8 Å². The van der Waals surface area contributed by atoms with E-state index in [2.05, 4.69) is 32.9 Å². The summed E-state index contributed by atoms with van der Waals surface area (Å²) in [5.74, 6) is -0.819. The van der Waals surface area contributed by atoms with Crippen LogP contribution in [0.2, 0.25) is 0 Å². The van der Waals surface area contributed by atoms with Gasteiger partial charge in [0.2, 0.25) is 10.7 Å². The van der Waals surface area contributed by atoms with Gasteiger partial charge < -0.3 is 25.0 Å². The number of aromatic nitrogens is 3. The first-order chi connectivity index (χ1) is 21.1. The molecule has 2 unspecified atom stereocenters. The van der Waals surface area contributed by atoms with Gasteiger partial charge in [-0.3, -0.25) is 14.2 Å². The van der Waals surface area contributed by atoms with Gasteiger partial charge in [0.1, 0.15) is 17.4 Å². The number of carbonyl (C=O) groups excluding carboxylic acids is 2. The van der Waals surface area contributed by atoms with Crippen LogP contribution in [0.15, 0.2) is 17.5 Å². The van der Waals surface area contributed by atoms with Crippen LogP contribution in [0.5, 0.6) is 0 Å². The number of nitrogens with two attached hydrogens (primary N) is 1. The summed E-state index contributed by atoms with van der Waals surface area (Å²) in [6, 6.07) is 3.98. The van der Waals surface area contributed by atoms with E-state index in [-0.39, 0.29) is 59.6 Å². The van der Waals surface area contributed by atoms with Crippen molar-refractivity contribution >= 4 is 95.1 Å². The molecule has 2 amide bonds. The molecule has 17 heteroatoms. The van der Waals surface area contributed by atoms with Gasteiger partial charge in [0, 0.05) is 26.7 Å². The third kappa shape index (κ3) is 6.09. The number of hydrogen-bond donors (Lipinski definition) is 2. The average Bonchev–Trinajstić information content (AvgIpc) is 3.79. The quantitative estimate of drug-likeness (QED) is 0.164. The number of alkyl halides is 1. The van der Waals surface area contributed by atoms with Gasteiger partial charge in [0.15, 0.2) is 11.3 Å². The Balaban J connectivity index is 1.17. The van der Waals surface area contributed by atoms with E-state index in [1.807, 2.05) is 11.3 Å². The van der Waals surface area contributed by atoms with Crippen molar-refractivity contribution in [3.05, 3.63) is 28.1 Å². The molecule has 4 aromatic heterocycles. The Kier molecular flexibility index (Phi) is 9.22. The molecule has 2 aliphatic rings. The van der Waals surface area contributed by atoms with E-state index in [1.165, 1.54) is 23.9 Å². The maximum Gasteiger partial charge on any atom is 0.389 e. The summed E-state index contributed by atoms with van der Waals surface area (Å²) in [6.45, 7) is 3.13. The number of carbonyl (C=O) groups is 2. The van der Waals surface area contributed by atoms with E-state index < -0.39 is 31.6 Å². The van der Waals surface area contributed by atoms with Crippen LogP contribution in [0.3, 0.4) is 0 Å². The second-order valence-corrected chi connectivity index (χ2v) is 16.5. The highest BCUT2D eigenvalue weighted by Crippen LogP contribution is 2.49. The van der Waals surface area contributed by atoms with Crippen LogP contribution in [0.25, 0.3) is 19.7 Å². The molecule has 1 aliphatic heterocycles. The van der Waals surface area contributed by atoms with Gasteiger partial charge in [0.05, 0.1) is 30.8 Å². The van der Waals surface area contributed by atoms with Crippen molar-refractivity contribution < 1.29 is 27.6 Å². The number of thiophene rings is 2. The van der Waals surface area contributed by atoms with Crippen LogP contribution in [0.4, 0.5) is 4.39 Å². The molecule has 1 aliphatic carbocycles. The molecule has 3 N–H and O–H groups in total. The van der Waals surface area contributed by atoms with Crippen molar-refractivity contribution in [3.63, 3.8) is 0 Å². The summed E-state index contributed by atoms with van der Waals surface area (Å²) < 4.78 is 43.1. The average molecular weight is 699 g/mol. The molecular weight excluding hydrogens is 667 g/mol. The van der Waals surface area contributed by atoms with Gasteiger partial charge in [0.25, 0.3) is 5.91 Å². The zero-order valence-corrected chi connectivity index (χ0v) is 28.2. The largest absolute Gasteiger partial charge is 0.389 e. The highest BCUT2D eigenvalue weighted by Gasteiger charge is 2.40. The molecule has 0 bridgehead atoms. The Bertz CT molecular complexity index is 1730. The minimum Gasteiger partial charge on any atom is -0.375 e. The minimum atomic E-state index is -3.77. The molecule has 0 spiro atoms. The molecule has 4 atom stereocenters. The standard InChI is InChI=1S/C27H32FN6O5PS4/c1-3-38-40(37,39-4-2)27-31-25-23(44-27)22(24(29)36)32-34(25)13-21(35)33-12-15(28)10-17(33)26(41)30-16-6-5-14(9-16)19-11-20-18(43-19)7-8-42-20/h7-8,11,14-17H,3-6,9-10,12-13H2,1-2H3,(H2,29,36)(H,30,41)/t14?,15-,16?,17+/m1/s1. The zero-order chi connectivity index (χ0) is 31.2. The van der Waals surface area contributed by atoms with Crippen molar-refractivity contribution in [3.8, 4) is 0 Å².